The lowest BCUT2D eigenvalue weighted by Crippen LogP contribution is -2.43. The second kappa shape index (κ2) is 3.75. The molecule has 0 spiro atoms. The van der Waals surface area contributed by atoms with E-state index in [0.29, 0.717) is 10.6 Å². The summed E-state index contributed by atoms with van der Waals surface area (Å²) in [6, 6.07) is 5.01. The molecule has 1 heterocycles. The monoisotopic (exact) mass is 243 g/mol. The van der Waals surface area contributed by atoms with Gasteiger partial charge in [0.2, 0.25) is 0 Å². The van der Waals surface area contributed by atoms with Crippen LogP contribution in [0.2, 0.25) is 5.02 Å². The van der Waals surface area contributed by atoms with Crippen molar-refractivity contribution in [3.05, 3.63) is 34.3 Å². The van der Waals surface area contributed by atoms with Crippen molar-refractivity contribution in [3.8, 4) is 0 Å². The molecule has 4 N–H and O–H groups in total. The number of ether oxygens (including phenoxy) is 1. The van der Waals surface area contributed by atoms with Gasteiger partial charge in [-0.25, -0.2) is 4.79 Å². The second-order valence-electron chi connectivity index (χ2n) is 2.99. The summed E-state index contributed by atoms with van der Waals surface area (Å²) in [5.74, 6) is -0.397. The van der Waals surface area contributed by atoms with E-state index in [1.54, 1.807) is 18.2 Å². The standard InChI is InChI=1S/C9H7ClN2O2S/c10-4-1-2-5-6(3-4)7(13)14-8(5)15-9(11)12/h1-3,8H,(H3,11,12)/p+1. The first-order valence-electron chi connectivity index (χ1n) is 4.13. The molecule has 0 bridgehead atoms. The molecule has 1 aliphatic rings. The van der Waals surface area contributed by atoms with Gasteiger partial charge in [-0.05, 0) is 12.1 Å². The van der Waals surface area contributed by atoms with Gasteiger partial charge in [-0.2, -0.15) is 0 Å². The number of fused-ring (bicyclic) bond motifs is 1. The van der Waals surface area contributed by atoms with Crippen molar-refractivity contribution >= 4 is 34.5 Å². The molecule has 4 nitrogen and oxygen atoms in total. The molecule has 0 aromatic heterocycles. The van der Waals surface area contributed by atoms with Gasteiger partial charge >= 0.3 is 11.1 Å². The topological polar surface area (TPSA) is 77.9 Å². The molecule has 0 saturated carbocycles. The summed E-state index contributed by atoms with van der Waals surface area (Å²) in [5.41, 5.74) is 6.11. The van der Waals surface area contributed by atoms with Crippen molar-refractivity contribution in [2.24, 2.45) is 5.73 Å². The Balaban J connectivity index is 2.38. The van der Waals surface area contributed by atoms with E-state index < -0.39 is 11.4 Å². The van der Waals surface area contributed by atoms with E-state index in [0.717, 1.165) is 17.3 Å². The maximum absolute atomic E-state index is 11.4. The minimum atomic E-state index is -0.463. The highest BCUT2D eigenvalue weighted by molar-refractivity contribution is 8.13. The van der Waals surface area contributed by atoms with Crippen LogP contribution in [-0.2, 0) is 4.74 Å². The average Bonchev–Trinajstić information content (AvgIpc) is 2.42. The summed E-state index contributed by atoms with van der Waals surface area (Å²) < 4.78 is 5.08. The third-order valence-electron chi connectivity index (χ3n) is 1.95. The Hall–Kier alpha value is -1.20. The molecule has 0 aliphatic carbocycles. The van der Waals surface area contributed by atoms with Crippen LogP contribution in [0.25, 0.3) is 0 Å². The minimum Gasteiger partial charge on any atom is -0.442 e. The first-order chi connectivity index (χ1) is 7.08. The Morgan fingerprint density at radius 3 is 3.00 bits per heavy atom. The second-order valence-corrected chi connectivity index (χ2v) is 4.56. The molecule has 0 radical (unpaired) electrons. The van der Waals surface area contributed by atoms with Crippen LogP contribution >= 0.6 is 23.4 Å². The zero-order chi connectivity index (χ0) is 11.0. The fourth-order valence-electron chi connectivity index (χ4n) is 1.35. The minimum absolute atomic E-state index is 0.163. The van der Waals surface area contributed by atoms with Crippen molar-refractivity contribution in [1.29, 1.82) is 0 Å². The van der Waals surface area contributed by atoms with Gasteiger partial charge in [0.05, 0.1) is 5.56 Å². The van der Waals surface area contributed by atoms with Crippen LogP contribution in [-0.4, -0.2) is 11.1 Å². The Morgan fingerprint density at radius 2 is 2.33 bits per heavy atom. The number of carbonyl (C=O) groups is 1. The predicted molar refractivity (Wildman–Crippen MR) is 58.3 cm³/mol. The Bertz CT molecular complexity index is 450. The maximum Gasteiger partial charge on any atom is 0.340 e. The third-order valence-corrected chi connectivity index (χ3v) is 3.02. The fourth-order valence-corrected chi connectivity index (χ4v) is 2.23. The molecule has 2 rings (SSSR count). The third kappa shape index (κ3) is 1.93. The SMILES string of the molecule is NC(=[NH2+])SC1OC(=O)c2cc(Cl)ccc21. The lowest BCUT2D eigenvalue weighted by molar-refractivity contribution is -0.110. The largest absolute Gasteiger partial charge is 0.442 e. The van der Waals surface area contributed by atoms with Crippen molar-refractivity contribution < 1.29 is 14.9 Å². The first-order valence-corrected chi connectivity index (χ1v) is 5.38. The molecule has 1 aromatic rings. The molecule has 1 atom stereocenters. The summed E-state index contributed by atoms with van der Waals surface area (Å²) in [7, 11) is 0. The van der Waals surface area contributed by atoms with Crippen molar-refractivity contribution in [1.82, 2.24) is 0 Å². The number of carbonyl (C=O) groups excluding carboxylic acids is 1. The molecule has 0 amide bonds. The number of rotatable bonds is 1. The number of nitrogens with two attached hydrogens (primary N) is 2. The first kappa shape index (κ1) is 10.3. The summed E-state index contributed by atoms with van der Waals surface area (Å²) in [4.78, 5) is 11.4. The Kier molecular flexibility index (Phi) is 2.58. The molecule has 0 fully saturated rings. The van der Waals surface area contributed by atoms with Crippen LogP contribution < -0.4 is 11.1 Å². The molecule has 1 aliphatic heterocycles. The van der Waals surface area contributed by atoms with Crippen molar-refractivity contribution in [2.45, 2.75) is 5.44 Å². The van der Waals surface area contributed by atoms with Crippen LogP contribution in [0.5, 0.6) is 0 Å². The van der Waals surface area contributed by atoms with E-state index in [4.69, 9.17) is 27.5 Å². The smallest absolute Gasteiger partial charge is 0.340 e. The van der Waals surface area contributed by atoms with Gasteiger partial charge in [-0.3, -0.25) is 11.1 Å². The molecule has 15 heavy (non-hydrogen) atoms. The quantitative estimate of drug-likeness (QED) is 0.423. The molecular formula is C9H8ClN2O2S+. The Labute approximate surface area is 95.2 Å². The number of thioether (sulfide) groups is 1. The van der Waals surface area contributed by atoms with Crippen LogP contribution in [0.1, 0.15) is 21.4 Å². The fraction of sp³-hybridized carbons (Fsp3) is 0.111. The number of halogens is 1. The molecule has 0 saturated heterocycles. The number of hydrogen-bond acceptors (Lipinski definition) is 3. The number of benzene rings is 1. The van der Waals surface area contributed by atoms with Crippen LogP contribution in [0.15, 0.2) is 18.2 Å². The normalized spacial score (nSPS) is 18.5. The average molecular weight is 244 g/mol. The van der Waals surface area contributed by atoms with E-state index in [-0.39, 0.29) is 5.17 Å². The summed E-state index contributed by atoms with van der Waals surface area (Å²) in [5, 5.41) is 6.01. The van der Waals surface area contributed by atoms with Gasteiger partial charge in [-0.1, -0.05) is 17.7 Å². The summed E-state index contributed by atoms with van der Waals surface area (Å²) >= 11 is 6.87. The number of hydrogen-bond donors (Lipinski definition) is 2. The van der Waals surface area contributed by atoms with Gasteiger partial charge in [0.1, 0.15) is 0 Å². The van der Waals surface area contributed by atoms with Crippen LogP contribution in [0.4, 0.5) is 0 Å². The Morgan fingerprint density at radius 1 is 1.60 bits per heavy atom. The molecule has 1 unspecified atom stereocenters. The molecule has 1 aromatic carbocycles. The van der Waals surface area contributed by atoms with Gasteiger partial charge in [0.15, 0.2) is 5.44 Å². The zero-order valence-electron chi connectivity index (χ0n) is 7.57. The van der Waals surface area contributed by atoms with E-state index in [1.165, 1.54) is 0 Å². The number of cyclic esters (lactones) is 1. The van der Waals surface area contributed by atoms with Gasteiger partial charge in [-0.15, -0.1) is 0 Å². The van der Waals surface area contributed by atoms with E-state index >= 15 is 0 Å². The van der Waals surface area contributed by atoms with Crippen LogP contribution in [0.3, 0.4) is 0 Å². The van der Waals surface area contributed by atoms with E-state index in [1.807, 2.05) is 0 Å². The zero-order valence-corrected chi connectivity index (χ0v) is 9.14. The van der Waals surface area contributed by atoms with Gasteiger partial charge in [0.25, 0.3) is 0 Å². The number of amidine groups is 1. The van der Waals surface area contributed by atoms with E-state index in [9.17, 15) is 4.79 Å². The van der Waals surface area contributed by atoms with Gasteiger partial charge < -0.3 is 4.74 Å². The summed E-state index contributed by atoms with van der Waals surface area (Å²) in [6.45, 7) is 0. The maximum atomic E-state index is 11.4. The number of esters is 1. The highest BCUT2D eigenvalue weighted by atomic mass is 35.5. The summed E-state index contributed by atoms with van der Waals surface area (Å²) in [6.07, 6.45) is 0. The van der Waals surface area contributed by atoms with Crippen LogP contribution in [0, 0.1) is 0 Å². The lowest BCUT2D eigenvalue weighted by atomic mass is 10.1. The van der Waals surface area contributed by atoms with Crippen molar-refractivity contribution in [3.63, 3.8) is 0 Å². The highest BCUT2D eigenvalue weighted by Gasteiger charge is 2.33. The predicted octanol–water partition coefficient (Wildman–Crippen LogP) is 0.316. The molecule has 78 valence electrons. The van der Waals surface area contributed by atoms with Gasteiger partial charge in [0, 0.05) is 22.3 Å². The highest BCUT2D eigenvalue weighted by Crippen LogP contribution is 2.39. The lowest BCUT2D eigenvalue weighted by Gasteiger charge is -2.05. The molecule has 6 heteroatoms. The van der Waals surface area contributed by atoms with Crippen molar-refractivity contribution in [2.75, 3.05) is 0 Å². The van der Waals surface area contributed by atoms with E-state index in [2.05, 4.69) is 0 Å². The molecular weight excluding hydrogens is 236 g/mol.